The van der Waals surface area contributed by atoms with E-state index in [1.165, 1.54) is 11.3 Å². The number of thiophene rings is 1. The molecule has 0 aliphatic rings. The Hall–Kier alpha value is -1.54. The van der Waals surface area contributed by atoms with Gasteiger partial charge in [0, 0.05) is 4.88 Å². The Morgan fingerprint density at radius 1 is 1.29 bits per heavy atom. The van der Waals surface area contributed by atoms with Gasteiger partial charge >= 0.3 is 12.1 Å². The number of rotatable bonds is 4. The number of hydrogen-bond acceptors (Lipinski definition) is 3. The molecule has 0 saturated carbocycles. The molecule has 0 aliphatic carbocycles. The Bertz CT molecular complexity index is 667. The molecule has 21 heavy (non-hydrogen) atoms. The van der Waals surface area contributed by atoms with Crippen molar-refractivity contribution in [3.05, 3.63) is 50.1 Å². The van der Waals surface area contributed by atoms with Crippen molar-refractivity contribution in [3.8, 4) is 5.75 Å². The number of carboxylic acids is 1. The van der Waals surface area contributed by atoms with Crippen LogP contribution in [0.15, 0.2) is 34.1 Å². The molecule has 1 N–H and O–H groups in total. The summed E-state index contributed by atoms with van der Waals surface area (Å²) in [5, 5.41) is 8.76. The fraction of sp³-hybridized carbons (Fsp3) is 0.154. The topological polar surface area (TPSA) is 46.5 Å². The van der Waals surface area contributed by atoms with Gasteiger partial charge in [0.15, 0.2) is 0 Å². The zero-order valence-electron chi connectivity index (χ0n) is 10.3. The summed E-state index contributed by atoms with van der Waals surface area (Å²) in [6.45, 7) is -0.0221. The third-order valence-corrected chi connectivity index (χ3v) is 4.13. The molecule has 0 aliphatic heterocycles. The van der Waals surface area contributed by atoms with Crippen LogP contribution in [0.25, 0.3) is 0 Å². The SMILES string of the molecule is O=C(O)c1ccc(OCc2ccc(Br)s2)c(C(F)(F)F)c1. The molecule has 1 aromatic heterocycles. The third-order valence-electron chi connectivity index (χ3n) is 2.53. The minimum absolute atomic E-state index is 0.0221. The van der Waals surface area contributed by atoms with Crippen LogP contribution in [0.1, 0.15) is 20.8 Å². The Balaban J connectivity index is 2.27. The molecule has 2 rings (SSSR count). The number of ether oxygens (including phenoxy) is 1. The fourth-order valence-corrected chi connectivity index (χ4v) is 2.99. The minimum atomic E-state index is -4.68. The summed E-state index contributed by atoms with van der Waals surface area (Å²) in [7, 11) is 0. The van der Waals surface area contributed by atoms with Gasteiger partial charge in [-0.2, -0.15) is 13.2 Å². The lowest BCUT2D eigenvalue weighted by Gasteiger charge is -2.14. The Morgan fingerprint density at radius 2 is 2.00 bits per heavy atom. The van der Waals surface area contributed by atoms with Crippen molar-refractivity contribution in [2.45, 2.75) is 12.8 Å². The maximum atomic E-state index is 12.9. The first-order valence-corrected chi connectivity index (χ1v) is 7.20. The predicted molar refractivity (Wildman–Crippen MR) is 74.8 cm³/mol. The molecule has 1 aromatic carbocycles. The summed E-state index contributed by atoms with van der Waals surface area (Å²) < 4.78 is 44.9. The predicted octanol–water partition coefficient (Wildman–Crippen LogP) is 4.81. The number of carbonyl (C=O) groups is 1. The van der Waals surface area contributed by atoms with E-state index in [2.05, 4.69) is 15.9 Å². The molecule has 0 amide bonds. The first kappa shape index (κ1) is 15.8. The van der Waals surface area contributed by atoms with E-state index in [1.54, 1.807) is 12.1 Å². The average molecular weight is 381 g/mol. The highest BCUT2D eigenvalue weighted by Crippen LogP contribution is 2.37. The quantitative estimate of drug-likeness (QED) is 0.827. The van der Waals surface area contributed by atoms with Crippen LogP contribution in [0, 0.1) is 0 Å². The van der Waals surface area contributed by atoms with E-state index in [0.717, 1.165) is 20.8 Å². The number of aromatic carboxylic acids is 1. The van der Waals surface area contributed by atoms with Crippen molar-refractivity contribution in [1.82, 2.24) is 0 Å². The molecule has 0 spiro atoms. The van der Waals surface area contributed by atoms with E-state index in [0.29, 0.717) is 6.07 Å². The van der Waals surface area contributed by atoms with Gasteiger partial charge in [0.25, 0.3) is 0 Å². The minimum Gasteiger partial charge on any atom is -0.487 e. The molecular formula is C13H8BrF3O3S. The van der Waals surface area contributed by atoms with Gasteiger partial charge in [-0.25, -0.2) is 4.79 Å². The smallest absolute Gasteiger partial charge is 0.419 e. The zero-order chi connectivity index (χ0) is 15.6. The van der Waals surface area contributed by atoms with E-state index in [1.807, 2.05) is 0 Å². The summed E-state index contributed by atoms with van der Waals surface area (Å²) >= 11 is 4.59. The second kappa shape index (κ2) is 6.07. The highest BCUT2D eigenvalue weighted by atomic mass is 79.9. The van der Waals surface area contributed by atoms with Gasteiger partial charge in [0.2, 0.25) is 0 Å². The summed E-state index contributed by atoms with van der Waals surface area (Å²) in [6, 6.07) is 6.17. The lowest BCUT2D eigenvalue weighted by Crippen LogP contribution is -2.10. The molecule has 0 atom stereocenters. The maximum Gasteiger partial charge on any atom is 0.419 e. The summed E-state index contributed by atoms with van der Waals surface area (Å²) in [6.07, 6.45) is -4.68. The van der Waals surface area contributed by atoms with Gasteiger partial charge in [0.1, 0.15) is 12.4 Å². The maximum absolute atomic E-state index is 12.9. The van der Waals surface area contributed by atoms with Crippen LogP contribution in [-0.4, -0.2) is 11.1 Å². The van der Waals surface area contributed by atoms with Crippen LogP contribution in [0.4, 0.5) is 13.2 Å². The average Bonchev–Trinajstić information content (AvgIpc) is 2.81. The largest absolute Gasteiger partial charge is 0.487 e. The second-order valence-electron chi connectivity index (χ2n) is 4.01. The lowest BCUT2D eigenvalue weighted by atomic mass is 10.1. The molecular weight excluding hydrogens is 373 g/mol. The standard InChI is InChI=1S/C13H8BrF3O3S/c14-11-4-2-8(21-11)6-20-10-3-1-7(12(18)19)5-9(10)13(15,16)17/h1-5H,6H2,(H,18,19). The van der Waals surface area contributed by atoms with E-state index < -0.39 is 29.0 Å². The third kappa shape index (κ3) is 3.98. The van der Waals surface area contributed by atoms with E-state index in [4.69, 9.17) is 9.84 Å². The van der Waals surface area contributed by atoms with Gasteiger partial charge in [-0.15, -0.1) is 11.3 Å². The zero-order valence-corrected chi connectivity index (χ0v) is 12.7. The Kier molecular flexibility index (Phi) is 4.58. The Labute approximate surface area is 130 Å². The van der Waals surface area contributed by atoms with Gasteiger partial charge < -0.3 is 9.84 Å². The molecule has 1 heterocycles. The van der Waals surface area contributed by atoms with Crippen LogP contribution < -0.4 is 4.74 Å². The monoisotopic (exact) mass is 380 g/mol. The van der Waals surface area contributed by atoms with Gasteiger partial charge in [-0.1, -0.05) is 0 Å². The van der Waals surface area contributed by atoms with Gasteiger partial charge in [0.05, 0.1) is 14.9 Å². The van der Waals surface area contributed by atoms with E-state index in [9.17, 15) is 18.0 Å². The first-order valence-electron chi connectivity index (χ1n) is 5.59. The number of benzene rings is 1. The summed E-state index contributed by atoms with van der Waals surface area (Å²) in [5.41, 5.74) is -1.54. The van der Waals surface area contributed by atoms with Crippen molar-refractivity contribution in [2.24, 2.45) is 0 Å². The van der Waals surface area contributed by atoms with Crippen LogP contribution in [0.2, 0.25) is 0 Å². The molecule has 0 radical (unpaired) electrons. The molecule has 0 bridgehead atoms. The van der Waals surface area contributed by atoms with Gasteiger partial charge in [-0.05, 0) is 46.3 Å². The van der Waals surface area contributed by atoms with Crippen molar-refractivity contribution in [3.63, 3.8) is 0 Å². The summed E-state index contributed by atoms with van der Waals surface area (Å²) in [4.78, 5) is 11.5. The fourth-order valence-electron chi connectivity index (χ4n) is 1.59. The lowest BCUT2D eigenvalue weighted by molar-refractivity contribution is -0.139. The molecule has 0 fully saturated rings. The van der Waals surface area contributed by atoms with Crippen molar-refractivity contribution in [2.75, 3.05) is 0 Å². The van der Waals surface area contributed by atoms with Crippen LogP contribution >= 0.6 is 27.3 Å². The number of hydrogen-bond donors (Lipinski definition) is 1. The second-order valence-corrected chi connectivity index (χ2v) is 6.56. The van der Waals surface area contributed by atoms with Crippen molar-refractivity contribution in [1.29, 1.82) is 0 Å². The van der Waals surface area contributed by atoms with Crippen LogP contribution in [0.3, 0.4) is 0 Å². The summed E-state index contributed by atoms with van der Waals surface area (Å²) in [5.74, 6) is -1.81. The van der Waals surface area contributed by atoms with E-state index >= 15 is 0 Å². The molecule has 3 nitrogen and oxygen atoms in total. The van der Waals surface area contributed by atoms with Crippen molar-refractivity contribution >= 4 is 33.2 Å². The highest BCUT2D eigenvalue weighted by Gasteiger charge is 2.35. The normalized spacial score (nSPS) is 11.4. The molecule has 0 saturated heterocycles. The number of carboxylic acid groups (broad SMARTS) is 1. The van der Waals surface area contributed by atoms with E-state index in [-0.39, 0.29) is 6.61 Å². The molecule has 2 aromatic rings. The molecule has 0 unspecified atom stereocenters. The number of halogens is 4. The molecule has 8 heteroatoms. The van der Waals surface area contributed by atoms with Gasteiger partial charge in [-0.3, -0.25) is 0 Å². The molecule has 112 valence electrons. The highest BCUT2D eigenvalue weighted by molar-refractivity contribution is 9.11. The van der Waals surface area contributed by atoms with Crippen LogP contribution in [0.5, 0.6) is 5.75 Å². The van der Waals surface area contributed by atoms with Crippen molar-refractivity contribution < 1.29 is 27.8 Å². The van der Waals surface area contributed by atoms with Crippen LogP contribution in [-0.2, 0) is 12.8 Å². The Morgan fingerprint density at radius 3 is 2.52 bits per heavy atom. The first-order chi connectivity index (χ1) is 9.77. The number of alkyl halides is 3.